The minimum absolute atomic E-state index is 0.00233. The molecule has 184 valence electrons. The summed E-state index contributed by atoms with van der Waals surface area (Å²) < 4.78 is 42.6. The van der Waals surface area contributed by atoms with Gasteiger partial charge in [0.05, 0.1) is 40.0 Å². The second kappa shape index (κ2) is 11.0. The zero-order valence-corrected chi connectivity index (χ0v) is 22.3. The normalized spacial score (nSPS) is 12.3. The number of rotatable bonds is 10. The van der Waals surface area contributed by atoms with Crippen molar-refractivity contribution in [3.8, 4) is 28.7 Å². The van der Waals surface area contributed by atoms with Crippen LogP contribution in [0.5, 0.6) is 28.7 Å². The molecule has 3 rings (SSSR count). The third kappa shape index (κ3) is 4.54. The zero-order chi connectivity index (χ0) is 25.8. The number of halogens is 1. The smallest absolute Gasteiger partial charge is 0.256 e. The van der Waals surface area contributed by atoms with E-state index in [1.54, 1.807) is 24.3 Å². The quantitative estimate of drug-likeness (QED) is 0.312. The van der Waals surface area contributed by atoms with Gasteiger partial charge in [-0.25, -0.2) is 0 Å². The summed E-state index contributed by atoms with van der Waals surface area (Å²) in [7, 11) is 2.01. The molecule has 3 aromatic carbocycles. The molecule has 0 N–H and O–H groups in total. The number of carbonyl (C=O) groups is 2. The SMILES string of the molecule is COc1cc(Br)c(OC)c(P(=O)(C(=O)c2ccccc2)C(=O)c2c(OC)cccc2OC)c1OC. The van der Waals surface area contributed by atoms with Gasteiger partial charge in [-0.05, 0) is 28.1 Å². The summed E-state index contributed by atoms with van der Waals surface area (Å²) in [5, 5.41) is -0.236. The van der Waals surface area contributed by atoms with E-state index in [4.69, 9.17) is 23.7 Å². The number of ether oxygens (including phenoxy) is 5. The summed E-state index contributed by atoms with van der Waals surface area (Å²) in [6.07, 6.45) is 0. The molecule has 0 fully saturated rings. The maximum absolute atomic E-state index is 15.1. The van der Waals surface area contributed by atoms with Gasteiger partial charge in [0, 0.05) is 11.6 Å². The molecule has 3 aromatic rings. The third-order valence-electron chi connectivity index (χ3n) is 5.31. The standard InChI is InChI=1S/C25H24BrO8P/c1-30-17-12-9-13-18(31-2)20(17)25(28)35(29,24(27)15-10-7-6-8-11-15)23-21(33-4)16(26)14-19(32-3)22(23)34-5/h6-14H,1-5H3. The lowest BCUT2D eigenvalue weighted by atomic mass is 10.2. The monoisotopic (exact) mass is 562 g/mol. The van der Waals surface area contributed by atoms with Crippen LogP contribution in [-0.4, -0.2) is 46.6 Å². The largest absolute Gasteiger partial charge is 0.496 e. The predicted molar refractivity (Wildman–Crippen MR) is 136 cm³/mol. The third-order valence-corrected chi connectivity index (χ3v) is 8.56. The second-order valence-electron chi connectivity index (χ2n) is 7.10. The van der Waals surface area contributed by atoms with E-state index in [1.165, 1.54) is 65.9 Å². The zero-order valence-electron chi connectivity index (χ0n) is 19.8. The van der Waals surface area contributed by atoms with Gasteiger partial charge in [-0.15, -0.1) is 0 Å². The molecule has 1 atom stereocenters. The summed E-state index contributed by atoms with van der Waals surface area (Å²) in [5.74, 6) is 0.265. The molecular weight excluding hydrogens is 539 g/mol. The van der Waals surface area contributed by atoms with Gasteiger partial charge < -0.3 is 28.2 Å². The number of carbonyl (C=O) groups excluding carboxylic acids is 2. The molecule has 8 nitrogen and oxygen atoms in total. The average Bonchev–Trinajstić information content (AvgIpc) is 2.90. The van der Waals surface area contributed by atoms with E-state index >= 15 is 4.57 Å². The van der Waals surface area contributed by atoms with E-state index in [9.17, 15) is 9.59 Å². The second-order valence-corrected chi connectivity index (χ2v) is 10.4. The summed E-state index contributed by atoms with van der Waals surface area (Å²) >= 11 is 3.37. The Kier molecular flexibility index (Phi) is 8.25. The molecule has 0 saturated carbocycles. The first-order valence-corrected chi connectivity index (χ1v) is 12.7. The number of hydrogen-bond acceptors (Lipinski definition) is 8. The topological polar surface area (TPSA) is 97.4 Å². The van der Waals surface area contributed by atoms with Gasteiger partial charge >= 0.3 is 0 Å². The number of methoxy groups -OCH3 is 5. The summed E-state index contributed by atoms with van der Waals surface area (Å²) in [5.41, 5.74) is -1.99. The highest BCUT2D eigenvalue weighted by atomic mass is 79.9. The van der Waals surface area contributed by atoms with Crippen LogP contribution in [0, 0.1) is 0 Å². The Hall–Kier alpha value is -3.29. The molecule has 0 spiro atoms. The molecule has 0 aliphatic rings. The van der Waals surface area contributed by atoms with Crippen LogP contribution in [-0.2, 0) is 4.57 Å². The Balaban J connectivity index is 2.51. The summed E-state index contributed by atoms with van der Waals surface area (Å²) in [6, 6.07) is 14.1. The molecule has 0 aliphatic heterocycles. The minimum Gasteiger partial charge on any atom is -0.496 e. The fourth-order valence-electron chi connectivity index (χ4n) is 3.69. The Labute approximate surface area is 211 Å². The van der Waals surface area contributed by atoms with Crippen molar-refractivity contribution in [3.63, 3.8) is 0 Å². The molecule has 10 heteroatoms. The van der Waals surface area contributed by atoms with E-state index < -0.39 is 18.2 Å². The predicted octanol–water partition coefficient (Wildman–Crippen LogP) is 5.16. The van der Waals surface area contributed by atoms with Crippen molar-refractivity contribution >= 4 is 39.4 Å². The molecule has 0 heterocycles. The van der Waals surface area contributed by atoms with Gasteiger partial charge in [-0.2, -0.15) is 0 Å². The lowest BCUT2D eigenvalue weighted by Gasteiger charge is -2.24. The van der Waals surface area contributed by atoms with Crippen molar-refractivity contribution in [2.24, 2.45) is 0 Å². The first-order chi connectivity index (χ1) is 16.8. The molecule has 0 aromatic heterocycles. The number of benzene rings is 3. The minimum atomic E-state index is -4.75. The van der Waals surface area contributed by atoms with Crippen LogP contribution in [0.4, 0.5) is 0 Å². The first-order valence-electron chi connectivity index (χ1n) is 10.2. The molecule has 35 heavy (non-hydrogen) atoms. The van der Waals surface area contributed by atoms with Gasteiger partial charge in [0.2, 0.25) is 11.0 Å². The van der Waals surface area contributed by atoms with Crippen LogP contribution in [0.2, 0.25) is 0 Å². The summed E-state index contributed by atoms with van der Waals surface area (Å²) in [6.45, 7) is 0. The van der Waals surface area contributed by atoms with Crippen LogP contribution < -0.4 is 29.0 Å². The fraction of sp³-hybridized carbons (Fsp3) is 0.200. The van der Waals surface area contributed by atoms with Gasteiger partial charge in [-0.1, -0.05) is 36.4 Å². The van der Waals surface area contributed by atoms with E-state index in [0.29, 0.717) is 4.47 Å². The maximum Gasteiger partial charge on any atom is 0.256 e. The molecule has 1 unspecified atom stereocenters. The van der Waals surface area contributed by atoms with Gasteiger partial charge in [0.25, 0.3) is 7.14 Å². The van der Waals surface area contributed by atoms with E-state index in [1.807, 2.05) is 0 Å². The Morgan fingerprint density at radius 3 is 1.71 bits per heavy atom. The molecule has 0 saturated heterocycles. The van der Waals surface area contributed by atoms with Gasteiger partial charge in [-0.3, -0.25) is 9.59 Å². The van der Waals surface area contributed by atoms with Crippen LogP contribution in [0.25, 0.3) is 0 Å². The van der Waals surface area contributed by atoms with E-state index in [0.717, 1.165) is 0 Å². The van der Waals surface area contributed by atoms with Crippen molar-refractivity contribution in [3.05, 3.63) is 70.2 Å². The van der Waals surface area contributed by atoms with Gasteiger partial charge in [0.15, 0.2) is 11.5 Å². The highest BCUT2D eigenvalue weighted by molar-refractivity contribution is 9.10. The van der Waals surface area contributed by atoms with Crippen LogP contribution in [0.15, 0.2) is 59.1 Å². The fourth-order valence-corrected chi connectivity index (χ4v) is 7.03. The summed E-state index contributed by atoms with van der Waals surface area (Å²) in [4.78, 5) is 28.3. The van der Waals surface area contributed by atoms with Gasteiger partial charge in [0.1, 0.15) is 28.1 Å². The first kappa shape index (κ1) is 26.3. The molecule has 0 radical (unpaired) electrons. The van der Waals surface area contributed by atoms with Crippen molar-refractivity contribution in [2.75, 3.05) is 35.5 Å². The lowest BCUT2D eigenvalue weighted by molar-refractivity contribution is 0.103. The van der Waals surface area contributed by atoms with Crippen molar-refractivity contribution in [2.45, 2.75) is 0 Å². The highest BCUT2D eigenvalue weighted by Crippen LogP contribution is 2.59. The van der Waals surface area contributed by atoms with Crippen molar-refractivity contribution < 1.29 is 37.8 Å². The number of hydrogen-bond donors (Lipinski definition) is 0. The van der Waals surface area contributed by atoms with E-state index in [-0.39, 0.29) is 45.2 Å². The molecule has 0 amide bonds. The molecular formula is C25H24BrO8P. The van der Waals surface area contributed by atoms with Crippen molar-refractivity contribution in [1.29, 1.82) is 0 Å². The van der Waals surface area contributed by atoms with Crippen LogP contribution >= 0.6 is 23.1 Å². The Morgan fingerprint density at radius 2 is 1.23 bits per heavy atom. The average molecular weight is 563 g/mol. The lowest BCUT2D eigenvalue weighted by Crippen LogP contribution is -2.25. The maximum atomic E-state index is 15.1. The molecule has 0 aliphatic carbocycles. The van der Waals surface area contributed by atoms with E-state index in [2.05, 4.69) is 15.9 Å². The highest BCUT2D eigenvalue weighted by Gasteiger charge is 2.50. The van der Waals surface area contributed by atoms with Crippen LogP contribution in [0.3, 0.4) is 0 Å². The van der Waals surface area contributed by atoms with Crippen LogP contribution in [0.1, 0.15) is 20.7 Å². The molecule has 0 bridgehead atoms. The van der Waals surface area contributed by atoms with Crippen molar-refractivity contribution in [1.82, 2.24) is 0 Å². The Bertz CT molecular complexity index is 1280. The Morgan fingerprint density at radius 1 is 0.686 bits per heavy atom.